The van der Waals surface area contributed by atoms with Gasteiger partial charge in [0.2, 0.25) is 5.91 Å². The second-order valence-corrected chi connectivity index (χ2v) is 7.52. The molecule has 8 heteroatoms. The van der Waals surface area contributed by atoms with E-state index >= 15 is 0 Å². The third kappa shape index (κ3) is 3.92. The van der Waals surface area contributed by atoms with Crippen LogP contribution in [0.5, 0.6) is 0 Å². The lowest BCUT2D eigenvalue weighted by atomic mass is 9.97. The number of carbonyl (C=O) groups excluding carboxylic acids is 1. The molecule has 1 unspecified atom stereocenters. The maximum atomic E-state index is 13.3. The fourth-order valence-corrected chi connectivity index (χ4v) is 4.04. The molecular weight excluding hydrogens is 376 g/mol. The quantitative estimate of drug-likeness (QED) is 0.732. The molecule has 4 rings (SSSR count). The monoisotopic (exact) mass is 399 g/mol. The lowest BCUT2D eigenvalue weighted by Gasteiger charge is -2.33. The molecule has 0 saturated carbocycles. The van der Waals surface area contributed by atoms with E-state index < -0.39 is 11.6 Å². The van der Waals surface area contributed by atoms with Gasteiger partial charge in [0.15, 0.2) is 5.82 Å². The summed E-state index contributed by atoms with van der Waals surface area (Å²) >= 11 is 0. The van der Waals surface area contributed by atoms with Crippen LogP contribution in [0.1, 0.15) is 24.1 Å². The zero-order valence-corrected chi connectivity index (χ0v) is 16.5. The van der Waals surface area contributed by atoms with Gasteiger partial charge in [-0.15, -0.1) is 0 Å². The normalized spacial score (nSPS) is 17.0. The number of hydrogen-bond donors (Lipinski definition) is 1. The number of nitrogens with one attached hydrogen (secondary N) is 1. The molecule has 1 N–H and O–H groups in total. The molecule has 0 aliphatic carbocycles. The van der Waals surface area contributed by atoms with E-state index in [2.05, 4.69) is 20.3 Å². The number of rotatable bonds is 4. The number of aromatic nitrogens is 3. The number of piperidine rings is 1. The molecule has 0 radical (unpaired) electrons. The van der Waals surface area contributed by atoms with E-state index in [4.69, 9.17) is 0 Å². The van der Waals surface area contributed by atoms with Gasteiger partial charge in [0, 0.05) is 44.3 Å². The highest BCUT2D eigenvalue weighted by molar-refractivity contribution is 5.91. The van der Waals surface area contributed by atoms with Crippen molar-refractivity contribution in [2.24, 2.45) is 13.0 Å². The minimum absolute atomic E-state index is 0.0960. The number of nitrogens with zero attached hydrogens (tertiary/aromatic N) is 4. The van der Waals surface area contributed by atoms with E-state index in [0.29, 0.717) is 12.1 Å². The number of hydrogen-bond acceptors (Lipinski definition) is 4. The lowest BCUT2D eigenvalue weighted by molar-refractivity contribution is -0.125. The van der Waals surface area contributed by atoms with E-state index in [1.54, 1.807) is 6.20 Å². The molecular formula is C21H23F2N5O. The Balaban J connectivity index is 1.48. The van der Waals surface area contributed by atoms with E-state index in [1.165, 1.54) is 12.1 Å². The van der Waals surface area contributed by atoms with Crippen molar-refractivity contribution >= 4 is 22.6 Å². The maximum Gasteiger partial charge on any atom is 0.225 e. The van der Waals surface area contributed by atoms with Crippen molar-refractivity contribution in [3.63, 3.8) is 0 Å². The molecule has 3 aromatic rings. The van der Waals surface area contributed by atoms with Crippen LogP contribution in [0, 0.1) is 24.5 Å². The number of halogens is 2. The predicted octanol–water partition coefficient (Wildman–Crippen LogP) is 3.09. The Morgan fingerprint density at radius 1 is 1.28 bits per heavy atom. The van der Waals surface area contributed by atoms with Crippen LogP contribution >= 0.6 is 0 Å². The van der Waals surface area contributed by atoms with Crippen LogP contribution < -0.4 is 10.2 Å². The first-order chi connectivity index (χ1) is 13.9. The van der Waals surface area contributed by atoms with Gasteiger partial charge >= 0.3 is 0 Å². The molecule has 6 nitrogen and oxygen atoms in total. The van der Waals surface area contributed by atoms with Gasteiger partial charge in [-0.05, 0) is 43.5 Å². The molecule has 1 amide bonds. The van der Waals surface area contributed by atoms with Crippen molar-refractivity contribution in [2.45, 2.75) is 26.3 Å². The molecule has 3 heterocycles. The minimum atomic E-state index is -0.649. The zero-order chi connectivity index (χ0) is 20.5. The number of amides is 1. The number of anilines is 1. The van der Waals surface area contributed by atoms with Crippen molar-refractivity contribution in [3.8, 4) is 0 Å². The zero-order valence-electron chi connectivity index (χ0n) is 16.5. The van der Waals surface area contributed by atoms with Crippen LogP contribution in [-0.4, -0.2) is 33.8 Å². The van der Waals surface area contributed by atoms with E-state index in [0.717, 1.165) is 47.9 Å². The Labute approximate surface area is 167 Å². The highest BCUT2D eigenvalue weighted by Gasteiger charge is 2.28. The van der Waals surface area contributed by atoms with Crippen LogP contribution in [-0.2, 0) is 18.4 Å². The SMILES string of the molecule is Cc1nn(C)c2c(N3CCCC(C(=O)NCc4cc(F)cc(F)c4)C3)nccc12. The summed E-state index contributed by atoms with van der Waals surface area (Å²) in [6, 6.07) is 5.23. The van der Waals surface area contributed by atoms with Crippen molar-refractivity contribution in [1.82, 2.24) is 20.1 Å². The summed E-state index contributed by atoms with van der Waals surface area (Å²) in [4.78, 5) is 19.4. The van der Waals surface area contributed by atoms with Gasteiger partial charge in [-0.2, -0.15) is 5.10 Å². The third-order valence-corrected chi connectivity index (χ3v) is 5.40. The Bertz CT molecular complexity index is 1040. The molecule has 1 fully saturated rings. The molecule has 1 aliphatic rings. The van der Waals surface area contributed by atoms with Crippen molar-refractivity contribution in [2.75, 3.05) is 18.0 Å². The smallest absolute Gasteiger partial charge is 0.225 e. The highest BCUT2D eigenvalue weighted by atomic mass is 19.1. The van der Waals surface area contributed by atoms with Crippen LogP contribution in [0.15, 0.2) is 30.5 Å². The average Bonchev–Trinajstić information content (AvgIpc) is 2.99. The van der Waals surface area contributed by atoms with E-state index in [1.807, 2.05) is 24.7 Å². The molecule has 29 heavy (non-hydrogen) atoms. The molecule has 152 valence electrons. The summed E-state index contributed by atoms with van der Waals surface area (Å²) in [6.07, 6.45) is 3.40. The van der Waals surface area contributed by atoms with Crippen molar-refractivity contribution in [3.05, 3.63) is 53.4 Å². The van der Waals surface area contributed by atoms with Crippen LogP contribution in [0.2, 0.25) is 0 Å². The number of carbonyl (C=O) groups is 1. The fraction of sp³-hybridized carbons (Fsp3) is 0.381. The first kappa shape index (κ1) is 19.3. The standard InChI is InChI=1S/C21H23F2N5O/c1-13-18-5-6-24-20(19(18)27(2)26-13)28-7-3-4-15(12-28)21(29)25-11-14-8-16(22)10-17(23)9-14/h5-6,8-10,15H,3-4,7,11-12H2,1-2H3,(H,25,29). The van der Waals surface area contributed by atoms with Gasteiger partial charge in [0.1, 0.15) is 17.2 Å². The summed E-state index contributed by atoms with van der Waals surface area (Å²) in [5.41, 5.74) is 2.31. The number of aryl methyl sites for hydroxylation is 2. The van der Waals surface area contributed by atoms with Crippen molar-refractivity contribution in [1.29, 1.82) is 0 Å². The maximum absolute atomic E-state index is 13.3. The molecule has 1 atom stereocenters. The first-order valence-corrected chi connectivity index (χ1v) is 9.68. The number of fused-ring (bicyclic) bond motifs is 1. The van der Waals surface area contributed by atoms with Gasteiger partial charge in [-0.3, -0.25) is 9.48 Å². The molecule has 1 aromatic carbocycles. The van der Waals surface area contributed by atoms with Crippen molar-refractivity contribution < 1.29 is 13.6 Å². The summed E-state index contributed by atoms with van der Waals surface area (Å²) in [7, 11) is 1.90. The summed E-state index contributed by atoms with van der Waals surface area (Å²) < 4.78 is 28.5. The molecule has 0 bridgehead atoms. The van der Waals surface area contributed by atoms with Crippen LogP contribution in [0.4, 0.5) is 14.6 Å². The van der Waals surface area contributed by atoms with Gasteiger partial charge in [-0.1, -0.05) is 0 Å². The second-order valence-electron chi connectivity index (χ2n) is 7.52. The van der Waals surface area contributed by atoms with E-state index in [9.17, 15) is 13.6 Å². The Morgan fingerprint density at radius 3 is 2.79 bits per heavy atom. The van der Waals surface area contributed by atoms with Crippen LogP contribution in [0.25, 0.3) is 10.9 Å². The van der Waals surface area contributed by atoms with Gasteiger partial charge in [0.05, 0.1) is 11.6 Å². The van der Waals surface area contributed by atoms with Gasteiger partial charge in [-0.25, -0.2) is 13.8 Å². The Hall–Kier alpha value is -3.03. The fourth-order valence-electron chi connectivity index (χ4n) is 4.04. The topological polar surface area (TPSA) is 63.1 Å². The van der Waals surface area contributed by atoms with Gasteiger partial charge < -0.3 is 10.2 Å². The van der Waals surface area contributed by atoms with Gasteiger partial charge in [0.25, 0.3) is 0 Å². The van der Waals surface area contributed by atoms with Crippen LogP contribution in [0.3, 0.4) is 0 Å². The number of pyridine rings is 1. The molecule has 2 aromatic heterocycles. The lowest BCUT2D eigenvalue weighted by Crippen LogP contribution is -2.43. The molecule has 1 saturated heterocycles. The Morgan fingerprint density at radius 2 is 2.03 bits per heavy atom. The largest absolute Gasteiger partial charge is 0.354 e. The third-order valence-electron chi connectivity index (χ3n) is 5.40. The molecule has 1 aliphatic heterocycles. The first-order valence-electron chi connectivity index (χ1n) is 9.68. The summed E-state index contributed by atoms with van der Waals surface area (Å²) in [5.74, 6) is -0.802. The average molecular weight is 399 g/mol. The highest BCUT2D eigenvalue weighted by Crippen LogP contribution is 2.29. The van der Waals surface area contributed by atoms with E-state index in [-0.39, 0.29) is 18.4 Å². The minimum Gasteiger partial charge on any atom is -0.354 e. The second kappa shape index (κ2) is 7.77. The summed E-state index contributed by atoms with van der Waals surface area (Å²) in [5, 5.41) is 8.35. The molecule has 0 spiro atoms. The Kier molecular flexibility index (Phi) is 5.17. The number of benzene rings is 1. The summed E-state index contributed by atoms with van der Waals surface area (Å²) in [6.45, 7) is 3.42. The predicted molar refractivity (Wildman–Crippen MR) is 106 cm³/mol.